The van der Waals surface area contributed by atoms with Gasteiger partial charge in [-0.2, -0.15) is 8.78 Å². The van der Waals surface area contributed by atoms with E-state index in [-0.39, 0.29) is 23.3 Å². The van der Waals surface area contributed by atoms with Gasteiger partial charge in [0.05, 0.1) is 11.8 Å². The SMILES string of the molecule is O=C(N[C@@H]1C[C@H]1c1ccco1)c1ccc(OC(F)F)cc1F. The Hall–Kier alpha value is -2.44. The van der Waals surface area contributed by atoms with Crippen LogP contribution in [0.5, 0.6) is 5.75 Å². The van der Waals surface area contributed by atoms with Gasteiger partial charge in [0.2, 0.25) is 0 Å². The van der Waals surface area contributed by atoms with E-state index in [0.717, 1.165) is 24.0 Å². The molecule has 0 aliphatic heterocycles. The van der Waals surface area contributed by atoms with Crippen LogP contribution < -0.4 is 10.1 Å². The number of furan rings is 1. The molecule has 3 rings (SSSR count). The molecule has 1 fully saturated rings. The van der Waals surface area contributed by atoms with E-state index in [0.29, 0.717) is 6.42 Å². The number of amides is 1. The zero-order chi connectivity index (χ0) is 15.7. The Labute approximate surface area is 123 Å². The van der Waals surface area contributed by atoms with Gasteiger partial charge in [-0.15, -0.1) is 0 Å². The second-order valence-corrected chi connectivity index (χ2v) is 4.96. The van der Waals surface area contributed by atoms with Crippen molar-refractivity contribution in [2.24, 2.45) is 0 Å². The Morgan fingerprint density at radius 2 is 2.18 bits per heavy atom. The Kier molecular flexibility index (Phi) is 3.79. The Morgan fingerprint density at radius 1 is 1.36 bits per heavy atom. The zero-order valence-electron chi connectivity index (χ0n) is 11.3. The van der Waals surface area contributed by atoms with E-state index in [1.807, 2.05) is 6.07 Å². The van der Waals surface area contributed by atoms with Crippen LogP contribution in [0.2, 0.25) is 0 Å². The van der Waals surface area contributed by atoms with Crippen molar-refractivity contribution in [3.63, 3.8) is 0 Å². The predicted molar refractivity (Wildman–Crippen MR) is 70.4 cm³/mol. The molecule has 7 heteroatoms. The van der Waals surface area contributed by atoms with Crippen LogP contribution in [0.15, 0.2) is 41.0 Å². The predicted octanol–water partition coefficient (Wildman–Crippen LogP) is 3.31. The van der Waals surface area contributed by atoms with Gasteiger partial charge in [-0.25, -0.2) is 4.39 Å². The average molecular weight is 311 g/mol. The summed E-state index contributed by atoms with van der Waals surface area (Å²) in [6, 6.07) is 6.46. The van der Waals surface area contributed by atoms with Crippen molar-refractivity contribution in [3.8, 4) is 5.75 Å². The molecule has 0 spiro atoms. The van der Waals surface area contributed by atoms with Crippen molar-refractivity contribution >= 4 is 5.91 Å². The topological polar surface area (TPSA) is 51.5 Å². The van der Waals surface area contributed by atoms with Crippen LogP contribution in [-0.4, -0.2) is 18.6 Å². The van der Waals surface area contributed by atoms with Crippen LogP contribution in [0.1, 0.15) is 28.5 Å². The molecule has 0 saturated heterocycles. The van der Waals surface area contributed by atoms with Crippen LogP contribution in [-0.2, 0) is 0 Å². The molecule has 1 heterocycles. The van der Waals surface area contributed by atoms with Gasteiger partial charge in [-0.3, -0.25) is 4.79 Å². The fourth-order valence-corrected chi connectivity index (χ4v) is 2.27. The number of hydrogen-bond acceptors (Lipinski definition) is 3. The highest BCUT2D eigenvalue weighted by molar-refractivity contribution is 5.95. The summed E-state index contributed by atoms with van der Waals surface area (Å²) in [6.45, 7) is -3.04. The molecule has 1 aromatic carbocycles. The van der Waals surface area contributed by atoms with Crippen LogP contribution >= 0.6 is 0 Å². The quantitative estimate of drug-likeness (QED) is 0.921. The molecule has 116 valence electrons. The van der Waals surface area contributed by atoms with Gasteiger partial charge >= 0.3 is 6.61 Å². The second-order valence-electron chi connectivity index (χ2n) is 4.96. The highest BCUT2D eigenvalue weighted by Gasteiger charge is 2.41. The number of nitrogens with one attached hydrogen (secondary N) is 1. The lowest BCUT2D eigenvalue weighted by Crippen LogP contribution is -2.27. The maximum absolute atomic E-state index is 13.8. The van der Waals surface area contributed by atoms with E-state index in [1.54, 1.807) is 12.3 Å². The molecule has 0 radical (unpaired) electrons. The molecule has 22 heavy (non-hydrogen) atoms. The first-order chi connectivity index (χ1) is 10.5. The Balaban J connectivity index is 1.63. The molecule has 1 N–H and O–H groups in total. The summed E-state index contributed by atoms with van der Waals surface area (Å²) >= 11 is 0. The van der Waals surface area contributed by atoms with Crippen molar-refractivity contribution in [2.45, 2.75) is 25.0 Å². The molecule has 0 unspecified atom stereocenters. The minimum Gasteiger partial charge on any atom is -0.469 e. The van der Waals surface area contributed by atoms with Crippen LogP contribution in [0.25, 0.3) is 0 Å². The van der Waals surface area contributed by atoms with Crippen LogP contribution in [0.4, 0.5) is 13.2 Å². The van der Waals surface area contributed by atoms with Gasteiger partial charge < -0.3 is 14.5 Å². The maximum atomic E-state index is 13.8. The monoisotopic (exact) mass is 311 g/mol. The van der Waals surface area contributed by atoms with E-state index in [2.05, 4.69) is 10.1 Å². The summed E-state index contributed by atoms with van der Waals surface area (Å²) in [5, 5.41) is 2.68. The van der Waals surface area contributed by atoms with E-state index in [1.165, 1.54) is 0 Å². The summed E-state index contributed by atoms with van der Waals surface area (Å²) in [6.07, 6.45) is 2.27. The van der Waals surface area contributed by atoms with Gasteiger partial charge in [0, 0.05) is 18.0 Å². The van der Waals surface area contributed by atoms with Gasteiger partial charge in [0.25, 0.3) is 5.91 Å². The van der Waals surface area contributed by atoms with E-state index < -0.39 is 18.3 Å². The summed E-state index contributed by atoms with van der Waals surface area (Å²) in [4.78, 5) is 12.0. The highest BCUT2D eigenvalue weighted by atomic mass is 19.3. The standard InChI is InChI=1S/C15H12F3NO3/c16-11-6-8(22-15(17)18)3-4-9(11)14(20)19-12-7-10(12)13-2-1-5-21-13/h1-6,10,12,15H,7H2,(H,19,20)/t10-,12-/m1/s1. The van der Waals surface area contributed by atoms with Crippen LogP contribution in [0, 0.1) is 5.82 Å². The second kappa shape index (κ2) is 5.75. The molecule has 1 aliphatic rings. The third kappa shape index (κ3) is 3.08. The van der Waals surface area contributed by atoms with Crippen molar-refractivity contribution in [3.05, 3.63) is 53.7 Å². The van der Waals surface area contributed by atoms with Gasteiger partial charge in [-0.05, 0) is 30.7 Å². The van der Waals surface area contributed by atoms with Gasteiger partial charge in [0.1, 0.15) is 17.3 Å². The molecule has 4 nitrogen and oxygen atoms in total. The average Bonchev–Trinajstić information content (AvgIpc) is 2.99. The largest absolute Gasteiger partial charge is 0.469 e. The number of carbonyl (C=O) groups is 1. The summed E-state index contributed by atoms with van der Waals surface area (Å²) < 4.78 is 47.2. The minimum absolute atomic E-state index is 0.0865. The van der Waals surface area contributed by atoms with E-state index in [9.17, 15) is 18.0 Å². The number of halogens is 3. The normalized spacial score (nSPS) is 20.0. The summed E-state index contributed by atoms with van der Waals surface area (Å²) in [7, 11) is 0. The van der Waals surface area contributed by atoms with Crippen molar-refractivity contribution in [2.75, 3.05) is 0 Å². The van der Waals surface area contributed by atoms with Crippen LogP contribution in [0.3, 0.4) is 0 Å². The molecule has 1 aliphatic carbocycles. The number of carbonyl (C=O) groups excluding carboxylic acids is 1. The number of rotatable bonds is 5. The van der Waals surface area contributed by atoms with E-state index >= 15 is 0 Å². The minimum atomic E-state index is -3.04. The van der Waals surface area contributed by atoms with Gasteiger partial charge in [0.15, 0.2) is 0 Å². The Bertz CT molecular complexity index is 673. The number of hydrogen-bond donors (Lipinski definition) is 1. The third-order valence-electron chi connectivity index (χ3n) is 3.43. The molecule has 1 saturated carbocycles. The van der Waals surface area contributed by atoms with Gasteiger partial charge in [-0.1, -0.05) is 0 Å². The smallest absolute Gasteiger partial charge is 0.387 e. The molecule has 2 aromatic rings. The lowest BCUT2D eigenvalue weighted by molar-refractivity contribution is -0.0499. The molecular formula is C15H12F3NO3. The lowest BCUT2D eigenvalue weighted by atomic mass is 10.2. The highest BCUT2D eigenvalue weighted by Crippen LogP contribution is 2.41. The van der Waals surface area contributed by atoms with Crippen molar-refractivity contribution in [1.82, 2.24) is 5.32 Å². The first kappa shape index (κ1) is 14.5. The molecule has 2 atom stereocenters. The molecule has 1 aromatic heterocycles. The first-order valence-corrected chi connectivity index (χ1v) is 6.63. The number of benzene rings is 1. The molecular weight excluding hydrogens is 299 g/mol. The van der Waals surface area contributed by atoms with E-state index in [4.69, 9.17) is 4.42 Å². The maximum Gasteiger partial charge on any atom is 0.387 e. The van der Waals surface area contributed by atoms with Crippen molar-refractivity contribution < 1.29 is 27.1 Å². The zero-order valence-corrected chi connectivity index (χ0v) is 11.3. The fourth-order valence-electron chi connectivity index (χ4n) is 2.27. The number of ether oxygens (including phenoxy) is 1. The summed E-state index contributed by atoms with van der Waals surface area (Å²) in [5.74, 6) is -0.982. The first-order valence-electron chi connectivity index (χ1n) is 6.63. The number of alkyl halides is 2. The fraction of sp³-hybridized carbons (Fsp3) is 0.267. The molecule has 0 bridgehead atoms. The summed E-state index contributed by atoms with van der Waals surface area (Å²) in [5.41, 5.74) is -0.216. The Morgan fingerprint density at radius 3 is 2.82 bits per heavy atom. The third-order valence-corrected chi connectivity index (χ3v) is 3.43. The molecule has 1 amide bonds. The van der Waals surface area contributed by atoms with Crippen molar-refractivity contribution in [1.29, 1.82) is 0 Å². The lowest BCUT2D eigenvalue weighted by Gasteiger charge is -2.08.